The van der Waals surface area contributed by atoms with E-state index in [0.717, 1.165) is 12.8 Å². The van der Waals surface area contributed by atoms with Gasteiger partial charge >= 0.3 is 0 Å². The lowest BCUT2D eigenvalue weighted by molar-refractivity contribution is -0.121. The Hall–Kier alpha value is -1.10. The molecule has 2 heterocycles. The summed E-state index contributed by atoms with van der Waals surface area (Å²) in [5.74, 6) is -0.191. The van der Waals surface area contributed by atoms with E-state index in [1.165, 1.54) is 0 Å². The molecule has 112 valence electrons. The van der Waals surface area contributed by atoms with E-state index in [-0.39, 0.29) is 30.0 Å². The molecule has 2 aliphatic heterocycles. The van der Waals surface area contributed by atoms with Crippen LogP contribution in [0.2, 0.25) is 10.0 Å². The molecule has 1 aromatic carbocycles. The molecule has 0 aliphatic carbocycles. The summed E-state index contributed by atoms with van der Waals surface area (Å²) < 4.78 is 5.85. The largest absolute Gasteiger partial charge is 0.373 e. The Morgan fingerprint density at radius 1 is 1.33 bits per heavy atom. The van der Waals surface area contributed by atoms with Crippen LogP contribution in [0.1, 0.15) is 12.8 Å². The van der Waals surface area contributed by atoms with E-state index >= 15 is 0 Å². The number of aliphatic imine (C=N–C) groups is 1. The normalized spacial score (nSPS) is 31.0. The monoisotopic (exact) mass is 326 g/mol. The third-order valence-electron chi connectivity index (χ3n) is 4.14. The number of fused-ring (bicyclic) bond motifs is 2. The van der Waals surface area contributed by atoms with Gasteiger partial charge in [-0.3, -0.25) is 4.79 Å². The van der Waals surface area contributed by atoms with Crippen LogP contribution in [0.15, 0.2) is 23.2 Å². The number of ether oxygens (including phenoxy) is 1. The number of halogens is 2. The second kappa shape index (κ2) is 5.95. The van der Waals surface area contributed by atoms with Crippen molar-refractivity contribution in [1.82, 2.24) is 0 Å². The maximum atomic E-state index is 12.6. The fourth-order valence-electron chi connectivity index (χ4n) is 3.22. The number of amides is 1. The van der Waals surface area contributed by atoms with E-state index in [2.05, 4.69) is 10.3 Å². The van der Waals surface area contributed by atoms with Gasteiger partial charge in [0.05, 0.1) is 28.2 Å². The number of benzene rings is 1. The van der Waals surface area contributed by atoms with E-state index < -0.39 is 0 Å². The Kier molecular flexibility index (Phi) is 4.20. The molecule has 1 aromatic rings. The Morgan fingerprint density at radius 3 is 2.81 bits per heavy atom. The highest BCUT2D eigenvalue weighted by Crippen LogP contribution is 2.43. The van der Waals surface area contributed by atoms with Gasteiger partial charge in [0, 0.05) is 24.9 Å². The number of nitrogens with one attached hydrogen (secondary N) is 1. The van der Waals surface area contributed by atoms with E-state index in [1.54, 1.807) is 25.2 Å². The molecule has 3 rings (SSSR count). The zero-order valence-corrected chi connectivity index (χ0v) is 13.1. The Bertz CT molecular complexity index is 591. The van der Waals surface area contributed by atoms with Gasteiger partial charge in [0.1, 0.15) is 0 Å². The van der Waals surface area contributed by atoms with Gasteiger partial charge in [-0.2, -0.15) is 0 Å². The molecule has 4 atom stereocenters. The van der Waals surface area contributed by atoms with Gasteiger partial charge in [0.25, 0.3) is 0 Å². The van der Waals surface area contributed by atoms with Crippen LogP contribution in [0.3, 0.4) is 0 Å². The summed E-state index contributed by atoms with van der Waals surface area (Å²) in [7, 11) is 1.72. The average molecular weight is 327 g/mol. The number of hydrogen-bond acceptors (Lipinski definition) is 3. The van der Waals surface area contributed by atoms with E-state index in [4.69, 9.17) is 27.9 Å². The molecule has 2 saturated heterocycles. The second-order valence-electron chi connectivity index (χ2n) is 5.42. The van der Waals surface area contributed by atoms with E-state index in [0.29, 0.717) is 15.7 Å². The van der Waals surface area contributed by atoms with Gasteiger partial charge in [0.15, 0.2) is 0 Å². The van der Waals surface area contributed by atoms with Gasteiger partial charge in [-0.1, -0.05) is 23.2 Å². The highest BCUT2D eigenvalue weighted by atomic mass is 35.5. The third-order valence-corrected chi connectivity index (χ3v) is 4.88. The van der Waals surface area contributed by atoms with Gasteiger partial charge in [-0.15, -0.1) is 0 Å². The molecule has 0 spiro atoms. The van der Waals surface area contributed by atoms with E-state index in [1.807, 2.05) is 6.21 Å². The summed E-state index contributed by atoms with van der Waals surface area (Å²) in [6.07, 6.45) is 3.86. The molecule has 21 heavy (non-hydrogen) atoms. The van der Waals surface area contributed by atoms with Crippen molar-refractivity contribution in [2.24, 2.45) is 16.8 Å². The maximum absolute atomic E-state index is 12.6. The summed E-state index contributed by atoms with van der Waals surface area (Å²) in [6, 6.07) is 5.06. The standard InChI is InChI=1S/C15H16Cl2N2O2/c1-18-7-9-12-4-5-13(21-12)14(9)15(20)19-8-2-3-10(16)11(17)6-8/h2-3,6-7,9,12-14H,4-5H2,1H3,(H,19,20)/t9-,12-,13+,14+/m1/s1. The molecule has 2 bridgehead atoms. The number of anilines is 1. The van der Waals surface area contributed by atoms with Gasteiger partial charge in [0.2, 0.25) is 5.91 Å². The molecule has 2 fully saturated rings. The molecule has 0 saturated carbocycles. The van der Waals surface area contributed by atoms with Crippen LogP contribution in [0.25, 0.3) is 0 Å². The fraction of sp³-hybridized carbons (Fsp3) is 0.467. The van der Waals surface area contributed by atoms with Gasteiger partial charge in [-0.05, 0) is 31.0 Å². The SMILES string of the molecule is CN=C[C@H]1[C@H](C(=O)Nc2ccc(Cl)c(Cl)c2)[C@@H]2CC[C@H]1O2. The Morgan fingerprint density at radius 2 is 2.10 bits per heavy atom. The quantitative estimate of drug-likeness (QED) is 0.865. The zero-order chi connectivity index (χ0) is 15.0. The third kappa shape index (κ3) is 2.80. The van der Waals surface area contributed by atoms with Crippen LogP contribution < -0.4 is 5.32 Å². The molecule has 2 aliphatic rings. The Balaban J connectivity index is 1.76. The summed E-state index contributed by atoms with van der Waals surface area (Å²) in [4.78, 5) is 16.6. The highest BCUT2D eigenvalue weighted by molar-refractivity contribution is 6.42. The Labute approximate surface area is 133 Å². The number of nitrogens with zero attached hydrogens (tertiary/aromatic N) is 1. The second-order valence-corrected chi connectivity index (χ2v) is 6.23. The molecule has 6 heteroatoms. The number of hydrogen-bond donors (Lipinski definition) is 1. The smallest absolute Gasteiger partial charge is 0.230 e. The van der Waals surface area contributed by atoms with Crippen molar-refractivity contribution in [2.45, 2.75) is 25.0 Å². The summed E-state index contributed by atoms with van der Waals surface area (Å²) in [5.41, 5.74) is 0.643. The summed E-state index contributed by atoms with van der Waals surface area (Å²) in [5, 5.41) is 3.79. The van der Waals surface area contributed by atoms with Crippen molar-refractivity contribution in [2.75, 3.05) is 12.4 Å². The number of carbonyl (C=O) groups excluding carboxylic acids is 1. The molecule has 1 amide bonds. The van der Waals surface area contributed by atoms with E-state index in [9.17, 15) is 4.79 Å². The van der Waals surface area contributed by atoms with Crippen LogP contribution in [0.5, 0.6) is 0 Å². The number of carbonyl (C=O) groups is 1. The summed E-state index contributed by atoms with van der Waals surface area (Å²) in [6.45, 7) is 0. The maximum Gasteiger partial charge on any atom is 0.230 e. The minimum Gasteiger partial charge on any atom is -0.373 e. The molecular weight excluding hydrogens is 311 g/mol. The first-order valence-electron chi connectivity index (χ1n) is 6.94. The predicted molar refractivity (Wildman–Crippen MR) is 84.4 cm³/mol. The van der Waals surface area contributed by atoms with Crippen molar-refractivity contribution in [1.29, 1.82) is 0 Å². The lowest BCUT2D eigenvalue weighted by Crippen LogP contribution is -2.37. The molecule has 0 radical (unpaired) electrons. The minimum atomic E-state index is -0.193. The fourth-order valence-corrected chi connectivity index (χ4v) is 3.52. The topological polar surface area (TPSA) is 50.7 Å². The average Bonchev–Trinajstić information content (AvgIpc) is 3.04. The molecular formula is C15H16Cl2N2O2. The first-order chi connectivity index (χ1) is 10.1. The summed E-state index contributed by atoms with van der Waals surface area (Å²) >= 11 is 11.8. The minimum absolute atomic E-state index is 0.0132. The number of rotatable bonds is 3. The van der Waals surface area contributed by atoms with Crippen LogP contribution >= 0.6 is 23.2 Å². The van der Waals surface area contributed by atoms with Crippen molar-refractivity contribution in [3.05, 3.63) is 28.2 Å². The zero-order valence-electron chi connectivity index (χ0n) is 11.6. The van der Waals surface area contributed by atoms with Crippen LogP contribution in [0, 0.1) is 11.8 Å². The van der Waals surface area contributed by atoms with Crippen LogP contribution in [-0.4, -0.2) is 31.4 Å². The molecule has 4 nitrogen and oxygen atoms in total. The van der Waals surface area contributed by atoms with Gasteiger partial charge in [-0.25, -0.2) is 0 Å². The van der Waals surface area contributed by atoms with Crippen molar-refractivity contribution < 1.29 is 9.53 Å². The van der Waals surface area contributed by atoms with Crippen LogP contribution in [0.4, 0.5) is 5.69 Å². The molecule has 1 N–H and O–H groups in total. The first-order valence-corrected chi connectivity index (χ1v) is 7.69. The molecule has 0 unspecified atom stereocenters. The predicted octanol–water partition coefficient (Wildman–Crippen LogP) is 3.43. The lowest BCUT2D eigenvalue weighted by Gasteiger charge is -2.24. The lowest BCUT2D eigenvalue weighted by atomic mass is 9.79. The first kappa shape index (κ1) is 14.8. The van der Waals surface area contributed by atoms with Crippen molar-refractivity contribution in [3.8, 4) is 0 Å². The van der Waals surface area contributed by atoms with Crippen LogP contribution in [-0.2, 0) is 9.53 Å². The molecule has 0 aromatic heterocycles. The van der Waals surface area contributed by atoms with Crippen molar-refractivity contribution >= 4 is 41.0 Å². The highest BCUT2D eigenvalue weighted by Gasteiger charge is 2.51. The van der Waals surface area contributed by atoms with Gasteiger partial charge < -0.3 is 15.0 Å². The van der Waals surface area contributed by atoms with Crippen molar-refractivity contribution in [3.63, 3.8) is 0 Å².